The number of methoxy groups -OCH3 is 3. The summed E-state index contributed by atoms with van der Waals surface area (Å²) < 4.78 is 16.9. The zero-order valence-electron chi connectivity index (χ0n) is 15.5. The van der Waals surface area contributed by atoms with E-state index < -0.39 is 5.91 Å². The lowest BCUT2D eigenvalue weighted by Crippen LogP contribution is -2.16. The van der Waals surface area contributed by atoms with Crippen molar-refractivity contribution in [3.63, 3.8) is 0 Å². The Labute approximate surface area is 156 Å². The Morgan fingerprint density at radius 1 is 1.04 bits per heavy atom. The van der Waals surface area contributed by atoms with Crippen molar-refractivity contribution >= 4 is 11.9 Å². The first kappa shape index (κ1) is 18.2. The van der Waals surface area contributed by atoms with Crippen LogP contribution < -0.4 is 19.9 Å². The third-order valence-corrected chi connectivity index (χ3v) is 4.12. The molecule has 0 aliphatic carbocycles. The van der Waals surface area contributed by atoms with E-state index in [9.17, 15) is 4.79 Å². The molecule has 8 heteroatoms. The molecule has 0 saturated carbocycles. The van der Waals surface area contributed by atoms with Crippen LogP contribution in [0.2, 0.25) is 0 Å². The summed E-state index contributed by atoms with van der Waals surface area (Å²) in [5.41, 5.74) is 8.01. The molecule has 0 amide bonds. The van der Waals surface area contributed by atoms with Crippen LogP contribution in [-0.2, 0) is 0 Å². The molecule has 27 heavy (non-hydrogen) atoms. The van der Waals surface area contributed by atoms with Gasteiger partial charge in [-0.05, 0) is 24.6 Å². The Balaban J connectivity index is 2.06. The Kier molecular flexibility index (Phi) is 4.98. The van der Waals surface area contributed by atoms with Crippen molar-refractivity contribution < 1.29 is 19.0 Å². The van der Waals surface area contributed by atoms with Gasteiger partial charge >= 0.3 is 0 Å². The quantitative estimate of drug-likeness (QED) is 0.738. The summed E-state index contributed by atoms with van der Waals surface area (Å²) >= 11 is 0. The topological polar surface area (TPSA) is 101 Å². The lowest BCUT2D eigenvalue weighted by atomic mass is 10.1. The van der Waals surface area contributed by atoms with E-state index in [1.807, 2.05) is 31.2 Å². The number of nitrogens with two attached hydrogens (primary N) is 1. The van der Waals surface area contributed by atoms with Gasteiger partial charge in [-0.1, -0.05) is 24.3 Å². The first-order valence-corrected chi connectivity index (χ1v) is 8.13. The fraction of sp³-hybridized carbons (Fsp3) is 0.211. The highest BCUT2D eigenvalue weighted by atomic mass is 16.5. The SMILES string of the molecule is COc1cc(C(=O)n2nc(-c3ccccc3C)nc2N)cc(OC)c1OC. The first-order valence-electron chi connectivity index (χ1n) is 8.13. The number of aromatic nitrogens is 3. The monoisotopic (exact) mass is 368 g/mol. The zero-order chi connectivity index (χ0) is 19.6. The predicted molar refractivity (Wildman–Crippen MR) is 100 cm³/mol. The molecular weight excluding hydrogens is 348 g/mol. The molecule has 0 radical (unpaired) electrons. The number of rotatable bonds is 5. The van der Waals surface area contributed by atoms with Gasteiger partial charge < -0.3 is 19.9 Å². The van der Waals surface area contributed by atoms with Crippen molar-refractivity contribution in [2.24, 2.45) is 0 Å². The molecule has 3 aromatic rings. The van der Waals surface area contributed by atoms with Crippen molar-refractivity contribution in [1.29, 1.82) is 0 Å². The number of hydrogen-bond donors (Lipinski definition) is 1. The number of aryl methyl sites for hydroxylation is 1. The zero-order valence-corrected chi connectivity index (χ0v) is 15.5. The molecule has 0 aliphatic rings. The molecule has 0 fully saturated rings. The summed E-state index contributed by atoms with van der Waals surface area (Å²) in [4.78, 5) is 17.2. The van der Waals surface area contributed by atoms with Gasteiger partial charge in [-0.25, -0.2) is 0 Å². The molecule has 0 spiro atoms. The van der Waals surface area contributed by atoms with Gasteiger partial charge in [0.25, 0.3) is 5.91 Å². The molecule has 0 aliphatic heterocycles. The fourth-order valence-electron chi connectivity index (χ4n) is 2.74. The van der Waals surface area contributed by atoms with Crippen molar-refractivity contribution in [3.05, 3.63) is 47.5 Å². The standard InChI is InChI=1S/C19H20N4O4/c1-11-7-5-6-8-13(11)17-21-19(20)23(22-17)18(24)12-9-14(25-2)16(27-4)15(10-12)26-3/h5-10H,1-4H3,(H2,20,21,22). The van der Waals surface area contributed by atoms with Crippen molar-refractivity contribution in [1.82, 2.24) is 14.8 Å². The molecule has 1 heterocycles. The number of carbonyl (C=O) groups excluding carboxylic acids is 1. The number of carbonyl (C=O) groups is 1. The third kappa shape index (κ3) is 3.29. The highest BCUT2D eigenvalue weighted by Gasteiger charge is 2.21. The molecule has 3 rings (SSSR count). The van der Waals surface area contributed by atoms with E-state index in [1.165, 1.54) is 33.5 Å². The minimum atomic E-state index is -0.459. The second-order valence-electron chi connectivity index (χ2n) is 5.74. The van der Waals surface area contributed by atoms with E-state index in [0.29, 0.717) is 23.1 Å². The maximum Gasteiger partial charge on any atom is 0.281 e. The van der Waals surface area contributed by atoms with Gasteiger partial charge in [-0.15, -0.1) is 5.10 Å². The van der Waals surface area contributed by atoms with E-state index >= 15 is 0 Å². The lowest BCUT2D eigenvalue weighted by Gasteiger charge is -2.13. The van der Waals surface area contributed by atoms with E-state index in [-0.39, 0.29) is 11.5 Å². The lowest BCUT2D eigenvalue weighted by molar-refractivity contribution is 0.0947. The van der Waals surface area contributed by atoms with Gasteiger partial charge in [0.15, 0.2) is 17.3 Å². The number of anilines is 1. The Morgan fingerprint density at radius 3 is 2.22 bits per heavy atom. The van der Waals surface area contributed by atoms with Gasteiger partial charge in [-0.2, -0.15) is 9.67 Å². The Hall–Kier alpha value is -3.55. The highest BCUT2D eigenvalue weighted by Crippen LogP contribution is 2.38. The van der Waals surface area contributed by atoms with Crippen LogP contribution in [0.25, 0.3) is 11.4 Å². The van der Waals surface area contributed by atoms with Gasteiger partial charge in [0.05, 0.1) is 21.3 Å². The second-order valence-corrected chi connectivity index (χ2v) is 5.74. The van der Waals surface area contributed by atoms with Crippen LogP contribution in [0.3, 0.4) is 0 Å². The van der Waals surface area contributed by atoms with Gasteiger partial charge in [0.2, 0.25) is 11.7 Å². The Morgan fingerprint density at radius 2 is 1.67 bits per heavy atom. The average molecular weight is 368 g/mol. The van der Waals surface area contributed by atoms with Crippen molar-refractivity contribution in [2.75, 3.05) is 27.1 Å². The molecule has 0 unspecified atom stereocenters. The third-order valence-electron chi connectivity index (χ3n) is 4.12. The summed E-state index contributed by atoms with van der Waals surface area (Å²) in [7, 11) is 4.45. The van der Waals surface area contributed by atoms with E-state index in [4.69, 9.17) is 19.9 Å². The smallest absolute Gasteiger partial charge is 0.281 e. The summed E-state index contributed by atoms with van der Waals surface area (Å²) in [6.45, 7) is 1.94. The number of benzene rings is 2. The van der Waals surface area contributed by atoms with Crippen LogP contribution >= 0.6 is 0 Å². The molecule has 2 aromatic carbocycles. The number of nitrogen functional groups attached to an aromatic ring is 1. The van der Waals surface area contributed by atoms with E-state index in [1.54, 1.807) is 0 Å². The minimum absolute atomic E-state index is 0.00740. The Bertz CT molecular complexity index is 972. The van der Waals surface area contributed by atoms with Gasteiger partial charge in [-0.3, -0.25) is 4.79 Å². The molecule has 0 bridgehead atoms. The first-order chi connectivity index (χ1) is 13.0. The largest absolute Gasteiger partial charge is 0.493 e. The molecular formula is C19H20N4O4. The normalized spacial score (nSPS) is 10.5. The van der Waals surface area contributed by atoms with Crippen molar-refractivity contribution in [3.8, 4) is 28.6 Å². The molecule has 0 atom stereocenters. The van der Waals surface area contributed by atoms with Gasteiger partial charge in [0, 0.05) is 11.1 Å². The van der Waals surface area contributed by atoms with E-state index in [2.05, 4.69) is 10.1 Å². The minimum Gasteiger partial charge on any atom is -0.493 e. The molecule has 1 aromatic heterocycles. The molecule has 2 N–H and O–H groups in total. The van der Waals surface area contributed by atoms with Crippen LogP contribution in [0, 0.1) is 6.92 Å². The number of nitrogens with zero attached hydrogens (tertiary/aromatic N) is 3. The summed E-state index contributed by atoms with van der Waals surface area (Å²) in [6.07, 6.45) is 0. The molecule has 140 valence electrons. The molecule has 8 nitrogen and oxygen atoms in total. The fourth-order valence-corrected chi connectivity index (χ4v) is 2.74. The number of hydrogen-bond acceptors (Lipinski definition) is 7. The van der Waals surface area contributed by atoms with Crippen LogP contribution in [0.15, 0.2) is 36.4 Å². The summed E-state index contributed by atoms with van der Waals surface area (Å²) in [6, 6.07) is 10.7. The van der Waals surface area contributed by atoms with Gasteiger partial charge in [0.1, 0.15) is 0 Å². The predicted octanol–water partition coefficient (Wildman–Crippen LogP) is 2.55. The maximum absolute atomic E-state index is 13.0. The van der Waals surface area contributed by atoms with Crippen LogP contribution in [0.1, 0.15) is 15.9 Å². The highest BCUT2D eigenvalue weighted by molar-refractivity contribution is 5.98. The average Bonchev–Trinajstić information content (AvgIpc) is 3.07. The van der Waals surface area contributed by atoms with Crippen LogP contribution in [-0.4, -0.2) is 42.0 Å². The molecule has 0 saturated heterocycles. The van der Waals surface area contributed by atoms with Crippen LogP contribution in [0.5, 0.6) is 17.2 Å². The maximum atomic E-state index is 13.0. The van der Waals surface area contributed by atoms with E-state index in [0.717, 1.165) is 15.8 Å². The summed E-state index contributed by atoms with van der Waals surface area (Å²) in [5.74, 6) is 1.03. The van der Waals surface area contributed by atoms with Crippen LogP contribution in [0.4, 0.5) is 5.95 Å². The number of ether oxygens (including phenoxy) is 3. The van der Waals surface area contributed by atoms with Crippen molar-refractivity contribution in [2.45, 2.75) is 6.92 Å². The second kappa shape index (κ2) is 7.36. The summed E-state index contributed by atoms with van der Waals surface area (Å²) in [5, 5.41) is 4.29.